The summed E-state index contributed by atoms with van der Waals surface area (Å²) in [5.41, 5.74) is 6.62. The zero-order chi connectivity index (χ0) is 14.1. The molecule has 3 rings (SSSR count). The van der Waals surface area contributed by atoms with Crippen molar-refractivity contribution in [3.8, 4) is 0 Å². The molecule has 2 fully saturated rings. The van der Waals surface area contributed by atoms with Gasteiger partial charge in [0, 0.05) is 18.3 Å². The van der Waals surface area contributed by atoms with Crippen molar-refractivity contribution in [1.82, 2.24) is 10.3 Å². The first-order valence-electron chi connectivity index (χ1n) is 7.19. The van der Waals surface area contributed by atoms with Crippen LogP contribution >= 0.6 is 12.2 Å². The lowest BCUT2D eigenvalue weighted by Crippen LogP contribution is -2.31. The lowest BCUT2D eigenvalue weighted by Gasteiger charge is -2.16. The number of pyridine rings is 1. The Labute approximate surface area is 124 Å². The second-order valence-corrected chi connectivity index (χ2v) is 6.28. The van der Waals surface area contributed by atoms with Crippen molar-refractivity contribution in [1.29, 1.82) is 0 Å². The van der Waals surface area contributed by atoms with Gasteiger partial charge in [-0.25, -0.2) is 0 Å². The predicted molar refractivity (Wildman–Crippen MR) is 81.4 cm³/mol. The molecule has 0 unspecified atom stereocenters. The maximum Gasteiger partial charge on any atom is 0.269 e. The third-order valence-electron chi connectivity index (χ3n) is 4.23. The van der Waals surface area contributed by atoms with Crippen molar-refractivity contribution < 1.29 is 4.79 Å². The number of aromatic nitrogens is 1. The van der Waals surface area contributed by atoms with Gasteiger partial charge in [0.05, 0.1) is 0 Å². The van der Waals surface area contributed by atoms with Gasteiger partial charge in [-0.3, -0.25) is 9.78 Å². The van der Waals surface area contributed by atoms with Crippen molar-refractivity contribution >= 4 is 23.1 Å². The van der Waals surface area contributed by atoms with E-state index < -0.39 is 0 Å². The van der Waals surface area contributed by atoms with Crippen molar-refractivity contribution in [2.24, 2.45) is 23.5 Å². The molecule has 5 heteroatoms. The summed E-state index contributed by atoms with van der Waals surface area (Å²) in [6.45, 7) is 0.785. The lowest BCUT2D eigenvalue weighted by molar-refractivity contribution is 0.0938. The standard InChI is InChI=1S/C15H19N3OS/c16-14(20)11-5-6-13(17-7-11)15(19)18-8-12(9-1-2-9)10-3-4-10/h5-7,9-10,12H,1-4,8H2,(H2,16,20)(H,18,19). The summed E-state index contributed by atoms with van der Waals surface area (Å²) in [7, 11) is 0. The molecule has 0 aliphatic heterocycles. The minimum Gasteiger partial charge on any atom is -0.389 e. The van der Waals surface area contributed by atoms with Crippen LogP contribution in [0, 0.1) is 17.8 Å². The van der Waals surface area contributed by atoms with E-state index in [2.05, 4.69) is 10.3 Å². The van der Waals surface area contributed by atoms with E-state index in [4.69, 9.17) is 18.0 Å². The van der Waals surface area contributed by atoms with Gasteiger partial charge in [-0.15, -0.1) is 0 Å². The van der Waals surface area contributed by atoms with Crippen molar-refractivity contribution in [3.05, 3.63) is 29.6 Å². The Morgan fingerprint density at radius 3 is 2.45 bits per heavy atom. The Morgan fingerprint density at radius 2 is 2.00 bits per heavy atom. The van der Waals surface area contributed by atoms with Gasteiger partial charge >= 0.3 is 0 Å². The molecule has 0 saturated heterocycles. The highest BCUT2D eigenvalue weighted by Gasteiger charge is 2.41. The van der Waals surface area contributed by atoms with Crippen LogP contribution in [0.5, 0.6) is 0 Å². The third-order valence-corrected chi connectivity index (χ3v) is 4.47. The second kappa shape index (κ2) is 5.48. The summed E-state index contributed by atoms with van der Waals surface area (Å²) in [4.78, 5) is 16.5. The van der Waals surface area contributed by atoms with Gasteiger partial charge in [0.15, 0.2) is 0 Å². The molecule has 2 saturated carbocycles. The average Bonchev–Trinajstić information content (AvgIpc) is 3.32. The van der Waals surface area contributed by atoms with Crippen LogP contribution in [0.2, 0.25) is 0 Å². The first-order valence-corrected chi connectivity index (χ1v) is 7.60. The molecule has 4 nitrogen and oxygen atoms in total. The smallest absolute Gasteiger partial charge is 0.269 e. The number of hydrogen-bond acceptors (Lipinski definition) is 3. The Bertz CT molecular complexity index is 508. The van der Waals surface area contributed by atoms with Crippen LogP contribution in [-0.2, 0) is 0 Å². The number of amides is 1. The molecule has 1 amide bonds. The number of hydrogen-bond donors (Lipinski definition) is 2. The number of nitrogens with two attached hydrogens (primary N) is 1. The fraction of sp³-hybridized carbons (Fsp3) is 0.533. The number of carbonyl (C=O) groups is 1. The van der Waals surface area contributed by atoms with Crippen LogP contribution < -0.4 is 11.1 Å². The first kappa shape index (κ1) is 13.5. The topological polar surface area (TPSA) is 68.0 Å². The summed E-state index contributed by atoms with van der Waals surface area (Å²) >= 11 is 4.86. The normalized spacial score (nSPS) is 18.1. The van der Waals surface area contributed by atoms with Crippen molar-refractivity contribution in [2.45, 2.75) is 25.7 Å². The molecule has 0 atom stereocenters. The van der Waals surface area contributed by atoms with Gasteiger partial charge in [0.2, 0.25) is 0 Å². The Balaban J connectivity index is 1.56. The molecule has 20 heavy (non-hydrogen) atoms. The molecule has 0 spiro atoms. The SMILES string of the molecule is NC(=S)c1ccc(C(=O)NCC(C2CC2)C2CC2)nc1. The van der Waals surface area contributed by atoms with Gasteiger partial charge in [-0.2, -0.15) is 0 Å². The fourth-order valence-corrected chi connectivity index (χ4v) is 2.86. The molecule has 2 aliphatic rings. The van der Waals surface area contributed by atoms with Crippen LogP contribution in [0.25, 0.3) is 0 Å². The van der Waals surface area contributed by atoms with Crippen LogP contribution in [0.1, 0.15) is 41.7 Å². The molecule has 3 N–H and O–H groups in total. The number of rotatable bonds is 6. The van der Waals surface area contributed by atoms with Gasteiger partial charge in [-0.1, -0.05) is 12.2 Å². The Morgan fingerprint density at radius 1 is 1.35 bits per heavy atom. The zero-order valence-corrected chi connectivity index (χ0v) is 12.2. The third kappa shape index (κ3) is 3.15. The monoisotopic (exact) mass is 289 g/mol. The van der Waals surface area contributed by atoms with Gasteiger partial charge in [0.1, 0.15) is 10.7 Å². The van der Waals surface area contributed by atoms with E-state index >= 15 is 0 Å². The van der Waals surface area contributed by atoms with Crippen molar-refractivity contribution in [2.75, 3.05) is 6.54 Å². The van der Waals surface area contributed by atoms with Crippen LogP contribution in [0.15, 0.2) is 18.3 Å². The van der Waals surface area contributed by atoms with Crippen molar-refractivity contribution in [3.63, 3.8) is 0 Å². The quantitative estimate of drug-likeness (QED) is 0.785. The summed E-state index contributed by atoms with van der Waals surface area (Å²) in [5.74, 6) is 2.25. The van der Waals surface area contributed by atoms with E-state index in [0.29, 0.717) is 22.2 Å². The highest BCUT2D eigenvalue weighted by Crippen LogP contribution is 2.48. The average molecular weight is 289 g/mol. The largest absolute Gasteiger partial charge is 0.389 e. The summed E-state index contributed by atoms with van der Waals surface area (Å²) in [5, 5.41) is 3.02. The van der Waals surface area contributed by atoms with E-state index in [1.165, 1.54) is 25.7 Å². The predicted octanol–water partition coefficient (Wildman–Crippen LogP) is 1.88. The zero-order valence-electron chi connectivity index (χ0n) is 11.3. The number of thiocarbonyl (C=S) groups is 1. The van der Waals surface area contributed by atoms with E-state index in [-0.39, 0.29) is 5.91 Å². The minimum atomic E-state index is -0.106. The van der Waals surface area contributed by atoms with Gasteiger partial charge < -0.3 is 11.1 Å². The van der Waals surface area contributed by atoms with E-state index in [9.17, 15) is 4.79 Å². The Kier molecular flexibility index (Phi) is 3.70. The molecular weight excluding hydrogens is 270 g/mol. The van der Waals surface area contributed by atoms with E-state index in [1.54, 1.807) is 18.3 Å². The van der Waals surface area contributed by atoms with Crippen LogP contribution in [-0.4, -0.2) is 22.4 Å². The highest BCUT2D eigenvalue weighted by atomic mass is 32.1. The second-order valence-electron chi connectivity index (χ2n) is 5.85. The van der Waals surface area contributed by atoms with E-state index in [1.807, 2.05) is 0 Å². The molecule has 106 valence electrons. The fourth-order valence-electron chi connectivity index (χ4n) is 2.74. The highest BCUT2D eigenvalue weighted by molar-refractivity contribution is 7.80. The van der Waals surface area contributed by atoms with Crippen LogP contribution in [0.4, 0.5) is 0 Å². The van der Waals surface area contributed by atoms with Gasteiger partial charge in [-0.05, 0) is 55.6 Å². The summed E-state index contributed by atoms with van der Waals surface area (Å²) in [6.07, 6.45) is 6.88. The molecule has 1 aromatic heterocycles. The van der Waals surface area contributed by atoms with E-state index in [0.717, 1.165) is 18.4 Å². The molecule has 2 aliphatic carbocycles. The maximum atomic E-state index is 12.1. The molecule has 1 heterocycles. The Hall–Kier alpha value is -1.49. The maximum absolute atomic E-state index is 12.1. The van der Waals surface area contributed by atoms with Crippen LogP contribution in [0.3, 0.4) is 0 Å². The molecule has 0 aromatic carbocycles. The number of nitrogens with one attached hydrogen (secondary N) is 1. The number of carbonyl (C=O) groups excluding carboxylic acids is 1. The number of nitrogens with zero attached hydrogens (tertiary/aromatic N) is 1. The lowest BCUT2D eigenvalue weighted by atomic mass is 9.98. The first-order chi connectivity index (χ1) is 9.65. The molecular formula is C15H19N3OS. The summed E-state index contributed by atoms with van der Waals surface area (Å²) < 4.78 is 0. The van der Waals surface area contributed by atoms with Gasteiger partial charge in [0.25, 0.3) is 5.91 Å². The molecule has 0 bridgehead atoms. The minimum absolute atomic E-state index is 0.106. The summed E-state index contributed by atoms with van der Waals surface area (Å²) in [6, 6.07) is 3.41. The molecule has 1 aromatic rings. The molecule has 0 radical (unpaired) electrons.